The number of nitrogens with two attached hydrogens (primary N) is 1. The molecule has 0 aromatic rings. The molecule has 0 radical (unpaired) electrons. The van der Waals surface area contributed by atoms with Gasteiger partial charge in [0, 0.05) is 18.0 Å². The lowest BCUT2D eigenvalue weighted by atomic mass is 9.87. The molecule has 0 saturated carbocycles. The predicted octanol–water partition coefficient (Wildman–Crippen LogP) is 0.927. The van der Waals surface area contributed by atoms with Crippen LogP contribution >= 0.6 is 0 Å². The van der Waals surface area contributed by atoms with Crippen molar-refractivity contribution in [1.82, 2.24) is 5.32 Å². The van der Waals surface area contributed by atoms with Crippen molar-refractivity contribution >= 4 is 5.78 Å². The molecular weight excluding hydrogens is 164 g/mol. The van der Waals surface area contributed by atoms with Crippen LogP contribution in [-0.2, 0) is 4.79 Å². The number of Topliss-reactive ketones (excluding diaryl/α,β-unsaturated/α-hetero) is 1. The van der Waals surface area contributed by atoms with Crippen molar-refractivity contribution in [3.05, 3.63) is 0 Å². The summed E-state index contributed by atoms with van der Waals surface area (Å²) < 4.78 is 0. The van der Waals surface area contributed by atoms with Gasteiger partial charge in [0.15, 0.2) is 5.78 Å². The van der Waals surface area contributed by atoms with Gasteiger partial charge in [-0.05, 0) is 0 Å². The largest absolute Gasteiger partial charge is 0.320 e. The van der Waals surface area contributed by atoms with Crippen LogP contribution in [0.3, 0.4) is 0 Å². The third-order valence-electron chi connectivity index (χ3n) is 1.82. The summed E-state index contributed by atoms with van der Waals surface area (Å²) in [5.41, 5.74) is 5.40. The normalized spacial score (nSPS) is 14.7. The third kappa shape index (κ3) is 5.01. The Hall–Kier alpha value is -0.410. The summed E-state index contributed by atoms with van der Waals surface area (Å²) in [5.74, 6) is 0.112. The van der Waals surface area contributed by atoms with Gasteiger partial charge in [-0.2, -0.15) is 0 Å². The summed E-state index contributed by atoms with van der Waals surface area (Å²) in [4.78, 5) is 11.6. The molecule has 0 unspecified atom stereocenters. The molecule has 0 aromatic carbocycles. The first-order valence-electron chi connectivity index (χ1n) is 4.78. The molecule has 1 atom stereocenters. The zero-order valence-electron chi connectivity index (χ0n) is 9.35. The summed E-state index contributed by atoms with van der Waals surface area (Å²) >= 11 is 0. The maximum Gasteiger partial charge on any atom is 0.156 e. The van der Waals surface area contributed by atoms with E-state index < -0.39 is 0 Å². The minimum atomic E-state index is -0.387. The highest BCUT2D eigenvalue weighted by atomic mass is 16.1. The molecule has 78 valence electrons. The van der Waals surface area contributed by atoms with E-state index in [2.05, 4.69) is 5.32 Å². The fraction of sp³-hybridized carbons (Fsp3) is 0.900. The second kappa shape index (κ2) is 4.72. The Kier molecular flexibility index (Phi) is 4.57. The van der Waals surface area contributed by atoms with E-state index in [1.54, 1.807) is 0 Å². The van der Waals surface area contributed by atoms with Crippen molar-refractivity contribution in [2.24, 2.45) is 11.1 Å². The van der Waals surface area contributed by atoms with E-state index in [1.165, 1.54) is 0 Å². The fourth-order valence-corrected chi connectivity index (χ4v) is 1.01. The Morgan fingerprint density at radius 3 is 2.15 bits per heavy atom. The number of carbonyl (C=O) groups is 1. The van der Waals surface area contributed by atoms with Crippen molar-refractivity contribution < 1.29 is 4.79 Å². The van der Waals surface area contributed by atoms with E-state index in [1.807, 2.05) is 34.6 Å². The van der Waals surface area contributed by atoms with E-state index in [0.29, 0.717) is 12.6 Å². The van der Waals surface area contributed by atoms with Crippen molar-refractivity contribution in [2.75, 3.05) is 6.54 Å². The van der Waals surface area contributed by atoms with E-state index in [0.717, 1.165) is 0 Å². The third-order valence-corrected chi connectivity index (χ3v) is 1.82. The van der Waals surface area contributed by atoms with Crippen LogP contribution in [-0.4, -0.2) is 24.4 Å². The van der Waals surface area contributed by atoms with Crippen molar-refractivity contribution in [1.29, 1.82) is 0 Å². The standard InChI is InChI=1S/C10H22N2O/c1-7(2)12-6-8(11)9(13)10(3,4)5/h7-8,12H,6,11H2,1-5H3/t8-/m1/s1. The number of ketones is 1. The van der Waals surface area contributed by atoms with E-state index in [-0.39, 0.29) is 17.2 Å². The molecule has 0 aliphatic rings. The van der Waals surface area contributed by atoms with E-state index in [4.69, 9.17) is 5.73 Å². The SMILES string of the molecule is CC(C)NC[C@@H](N)C(=O)C(C)(C)C. The number of carbonyl (C=O) groups excluding carboxylic acids is 1. The van der Waals surface area contributed by atoms with Gasteiger partial charge in [0.1, 0.15) is 0 Å². The molecule has 3 heteroatoms. The lowest BCUT2D eigenvalue weighted by Gasteiger charge is -2.22. The Morgan fingerprint density at radius 1 is 1.38 bits per heavy atom. The van der Waals surface area contributed by atoms with Gasteiger partial charge in [-0.3, -0.25) is 4.79 Å². The van der Waals surface area contributed by atoms with Crippen LogP contribution in [0.15, 0.2) is 0 Å². The molecule has 3 nitrogen and oxygen atoms in total. The van der Waals surface area contributed by atoms with Gasteiger partial charge in [0.25, 0.3) is 0 Å². The van der Waals surface area contributed by atoms with Gasteiger partial charge in [0.05, 0.1) is 6.04 Å². The number of rotatable bonds is 4. The van der Waals surface area contributed by atoms with Gasteiger partial charge in [0.2, 0.25) is 0 Å². The molecule has 0 amide bonds. The van der Waals surface area contributed by atoms with Crippen LogP contribution in [0, 0.1) is 5.41 Å². The summed E-state index contributed by atoms with van der Waals surface area (Å²) in [5, 5.41) is 3.15. The molecule has 0 heterocycles. The van der Waals surface area contributed by atoms with Gasteiger partial charge < -0.3 is 11.1 Å². The van der Waals surface area contributed by atoms with Crippen molar-refractivity contribution in [3.63, 3.8) is 0 Å². The smallest absolute Gasteiger partial charge is 0.156 e. The second-order valence-electron chi connectivity index (χ2n) is 4.78. The number of hydrogen-bond donors (Lipinski definition) is 2. The highest BCUT2D eigenvalue weighted by molar-refractivity contribution is 5.88. The molecule has 3 N–H and O–H groups in total. The average molecular weight is 186 g/mol. The van der Waals surface area contributed by atoms with E-state index in [9.17, 15) is 4.79 Å². The highest BCUT2D eigenvalue weighted by Crippen LogP contribution is 2.15. The average Bonchev–Trinajstić information content (AvgIpc) is 1.96. The minimum Gasteiger partial charge on any atom is -0.320 e. The first-order chi connectivity index (χ1) is 5.75. The van der Waals surface area contributed by atoms with Crippen LogP contribution in [0.1, 0.15) is 34.6 Å². The van der Waals surface area contributed by atoms with E-state index >= 15 is 0 Å². The molecule has 0 spiro atoms. The number of hydrogen-bond acceptors (Lipinski definition) is 3. The molecule has 0 aromatic heterocycles. The second-order valence-corrected chi connectivity index (χ2v) is 4.78. The number of nitrogens with one attached hydrogen (secondary N) is 1. The maximum atomic E-state index is 11.6. The fourth-order valence-electron chi connectivity index (χ4n) is 1.01. The lowest BCUT2D eigenvalue weighted by molar-refractivity contribution is -0.127. The Bertz CT molecular complexity index is 170. The van der Waals surface area contributed by atoms with Crippen molar-refractivity contribution in [3.8, 4) is 0 Å². The first kappa shape index (κ1) is 12.6. The van der Waals surface area contributed by atoms with Crippen molar-refractivity contribution in [2.45, 2.75) is 46.7 Å². The van der Waals surface area contributed by atoms with Gasteiger partial charge in [-0.15, -0.1) is 0 Å². The molecule has 0 aliphatic heterocycles. The highest BCUT2D eigenvalue weighted by Gasteiger charge is 2.26. The lowest BCUT2D eigenvalue weighted by Crippen LogP contribution is -2.46. The molecule has 13 heavy (non-hydrogen) atoms. The molecular formula is C10H22N2O. The van der Waals surface area contributed by atoms with Crippen LogP contribution in [0.4, 0.5) is 0 Å². The van der Waals surface area contributed by atoms with Crippen LogP contribution < -0.4 is 11.1 Å². The summed E-state index contributed by atoms with van der Waals surface area (Å²) in [7, 11) is 0. The first-order valence-corrected chi connectivity index (χ1v) is 4.78. The predicted molar refractivity (Wildman–Crippen MR) is 55.6 cm³/mol. The monoisotopic (exact) mass is 186 g/mol. The summed E-state index contributed by atoms with van der Waals surface area (Å²) in [6, 6.07) is -0.0128. The van der Waals surface area contributed by atoms with Crippen LogP contribution in [0.5, 0.6) is 0 Å². The molecule has 0 fully saturated rings. The van der Waals surface area contributed by atoms with Gasteiger partial charge in [-0.1, -0.05) is 34.6 Å². The molecule has 0 rings (SSSR count). The topological polar surface area (TPSA) is 55.1 Å². The quantitative estimate of drug-likeness (QED) is 0.686. The molecule has 0 bridgehead atoms. The van der Waals surface area contributed by atoms with Crippen LogP contribution in [0.25, 0.3) is 0 Å². The Labute approximate surface area is 81.1 Å². The van der Waals surface area contributed by atoms with Gasteiger partial charge in [-0.25, -0.2) is 0 Å². The Balaban J connectivity index is 3.98. The summed E-state index contributed by atoms with van der Waals surface area (Å²) in [6.45, 7) is 10.3. The van der Waals surface area contributed by atoms with Crippen LogP contribution in [0.2, 0.25) is 0 Å². The zero-order chi connectivity index (χ0) is 10.6. The summed E-state index contributed by atoms with van der Waals surface area (Å²) in [6.07, 6.45) is 0. The minimum absolute atomic E-state index is 0.112. The maximum absolute atomic E-state index is 11.6. The molecule has 0 saturated heterocycles. The Morgan fingerprint density at radius 2 is 1.85 bits per heavy atom. The van der Waals surface area contributed by atoms with Gasteiger partial charge >= 0.3 is 0 Å². The molecule has 0 aliphatic carbocycles. The zero-order valence-corrected chi connectivity index (χ0v) is 9.35.